The molecule has 1 heterocycles. The average molecular weight is 370 g/mol. The zero-order valence-electron chi connectivity index (χ0n) is 13.5. The van der Waals surface area contributed by atoms with Gasteiger partial charge in [-0.25, -0.2) is 0 Å². The van der Waals surface area contributed by atoms with Gasteiger partial charge in [-0.1, -0.05) is 15.9 Å². The van der Waals surface area contributed by atoms with Crippen LogP contribution in [0.2, 0.25) is 0 Å². The molecular weight excluding hydrogens is 346 g/mol. The molecule has 5 heteroatoms. The van der Waals surface area contributed by atoms with Gasteiger partial charge in [0.1, 0.15) is 5.75 Å². The lowest BCUT2D eigenvalue weighted by Crippen LogP contribution is -2.40. The van der Waals surface area contributed by atoms with Crippen LogP contribution >= 0.6 is 15.9 Å². The van der Waals surface area contributed by atoms with Crippen molar-refractivity contribution in [3.05, 3.63) is 27.7 Å². The molecule has 1 aliphatic rings. The monoisotopic (exact) mass is 369 g/mol. The average Bonchev–Trinajstić information content (AvgIpc) is 2.96. The molecule has 0 radical (unpaired) electrons. The number of aryl methyl sites for hydroxylation is 2. The highest BCUT2D eigenvalue weighted by atomic mass is 79.9. The quantitative estimate of drug-likeness (QED) is 0.770. The van der Waals surface area contributed by atoms with E-state index in [9.17, 15) is 4.79 Å². The normalized spacial score (nSPS) is 17.5. The van der Waals surface area contributed by atoms with Crippen LogP contribution in [0.25, 0.3) is 0 Å². The summed E-state index contributed by atoms with van der Waals surface area (Å²) >= 11 is 3.47. The molecule has 0 aliphatic carbocycles. The Kier molecular flexibility index (Phi) is 6.26. The van der Waals surface area contributed by atoms with Gasteiger partial charge in [-0.2, -0.15) is 0 Å². The number of carbonyl (C=O) groups excluding carboxylic acids is 1. The van der Waals surface area contributed by atoms with Crippen molar-refractivity contribution in [1.29, 1.82) is 0 Å². The Bertz CT molecular complexity index is 504. The van der Waals surface area contributed by atoms with E-state index in [1.807, 2.05) is 37.8 Å². The molecule has 1 saturated heterocycles. The first-order valence-electron chi connectivity index (χ1n) is 7.80. The Morgan fingerprint density at radius 2 is 2.09 bits per heavy atom. The molecule has 4 nitrogen and oxygen atoms in total. The zero-order valence-corrected chi connectivity index (χ0v) is 15.1. The summed E-state index contributed by atoms with van der Waals surface area (Å²) in [5.41, 5.74) is 2.06. The minimum atomic E-state index is 0.0136. The van der Waals surface area contributed by atoms with Crippen LogP contribution in [-0.4, -0.2) is 43.2 Å². The molecule has 0 bridgehead atoms. The minimum absolute atomic E-state index is 0.0136. The van der Waals surface area contributed by atoms with Crippen molar-refractivity contribution in [2.24, 2.45) is 0 Å². The van der Waals surface area contributed by atoms with E-state index in [2.05, 4.69) is 15.9 Å². The van der Waals surface area contributed by atoms with E-state index in [4.69, 9.17) is 9.47 Å². The van der Waals surface area contributed by atoms with E-state index in [1.54, 1.807) is 0 Å². The second-order valence-corrected chi connectivity index (χ2v) is 6.64. The maximum absolute atomic E-state index is 12.4. The van der Waals surface area contributed by atoms with Crippen LogP contribution in [0.3, 0.4) is 0 Å². The minimum Gasteiger partial charge on any atom is -0.483 e. The van der Waals surface area contributed by atoms with Gasteiger partial charge in [-0.3, -0.25) is 4.79 Å². The molecular formula is C17H24BrNO3. The van der Waals surface area contributed by atoms with Crippen molar-refractivity contribution in [1.82, 2.24) is 4.90 Å². The summed E-state index contributed by atoms with van der Waals surface area (Å²) in [7, 11) is 0. The van der Waals surface area contributed by atoms with Gasteiger partial charge < -0.3 is 14.4 Å². The maximum atomic E-state index is 12.4. The summed E-state index contributed by atoms with van der Waals surface area (Å²) in [6, 6.07) is 3.99. The Labute approximate surface area is 140 Å². The van der Waals surface area contributed by atoms with Crippen LogP contribution in [0.4, 0.5) is 0 Å². The first-order chi connectivity index (χ1) is 10.5. The van der Waals surface area contributed by atoms with Gasteiger partial charge in [0.25, 0.3) is 5.91 Å². The molecule has 22 heavy (non-hydrogen) atoms. The van der Waals surface area contributed by atoms with Crippen molar-refractivity contribution in [3.8, 4) is 5.75 Å². The number of carbonyl (C=O) groups is 1. The number of ether oxygens (including phenoxy) is 2. The fourth-order valence-corrected chi connectivity index (χ4v) is 3.48. The lowest BCUT2D eigenvalue weighted by molar-refractivity contribution is -0.134. The number of halogens is 1. The second-order valence-electron chi connectivity index (χ2n) is 5.72. The van der Waals surface area contributed by atoms with E-state index in [1.165, 1.54) is 0 Å². The number of rotatable bonds is 6. The molecule has 2 rings (SSSR count). The first-order valence-corrected chi connectivity index (χ1v) is 8.59. The predicted octanol–water partition coefficient (Wildman–Crippen LogP) is 3.47. The Balaban J connectivity index is 1.93. The summed E-state index contributed by atoms with van der Waals surface area (Å²) in [6.07, 6.45) is 2.31. The number of hydrogen-bond donors (Lipinski definition) is 0. The van der Waals surface area contributed by atoms with Crippen LogP contribution in [0.15, 0.2) is 16.6 Å². The molecule has 0 spiro atoms. The molecule has 1 unspecified atom stereocenters. The fraction of sp³-hybridized carbons (Fsp3) is 0.588. The van der Waals surface area contributed by atoms with Crippen molar-refractivity contribution in [3.63, 3.8) is 0 Å². The number of likely N-dealkylation sites (N-methyl/N-ethyl adjacent to an activating group) is 1. The molecule has 1 amide bonds. The zero-order chi connectivity index (χ0) is 16.1. The van der Waals surface area contributed by atoms with Crippen LogP contribution in [-0.2, 0) is 9.53 Å². The number of benzene rings is 1. The van der Waals surface area contributed by atoms with Crippen LogP contribution in [0.5, 0.6) is 5.75 Å². The van der Waals surface area contributed by atoms with Gasteiger partial charge in [-0.15, -0.1) is 0 Å². The van der Waals surface area contributed by atoms with Crippen molar-refractivity contribution >= 4 is 21.8 Å². The Morgan fingerprint density at radius 1 is 1.41 bits per heavy atom. The van der Waals surface area contributed by atoms with E-state index in [0.717, 1.165) is 40.8 Å². The van der Waals surface area contributed by atoms with Crippen LogP contribution < -0.4 is 4.74 Å². The smallest absolute Gasteiger partial charge is 0.260 e. The number of nitrogens with zero attached hydrogens (tertiary/aromatic N) is 1. The van der Waals surface area contributed by atoms with E-state index >= 15 is 0 Å². The van der Waals surface area contributed by atoms with Gasteiger partial charge in [0.15, 0.2) is 6.61 Å². The standard InChI is InChI=1S/C17H24BrNO3/c1-4-19(10-15-6-5-7-21-15)16(20)11-22-17-12(2)8-14(18)9-13(17)3/h8-9,15H,4-7,10-11H2,1-3H3. The summed E-state index contributed by atoms with van der Waals surface area (Å²) in [6.45, 7) is 8.19. The SMILES string of the molecule is CCN(CC1CCCO1)C(=O)COc1c(C)cc(Br)cc1C. The van der Waals surface area contributed by atoms with Gasteiger partial charge >= 0.3 is 0 Å². The van der Waals surface area contributed by atoms with Gasteiger partial charge in [0.2, 0.25) is 0 Å². The molecule has 0 saturated carbocycles. The largest absolute Gasteiger partial charge is 0.483 e. The van der Waals surface area contributed by atoms with Gasteiger partial charge in [0, 0.05) is 24.2 Å². The molecule has 1 fully saturated rings. The molecule has 1 atom stereocenters. The van der Waals surface area contributed by atoms with Crippen molar-refractivity contribution in [2.75, 3.05) is 26.3 Å². The first kappa shape index (κ1) is 17.3. The Morgan fingerprint density at radius 3 is 2.64 bits per heavy atom. The predicted molar refractivity (Wildman–Crippen MR) is 90.3 cm³/mol. The number of hydrogen-bond acceptors (Lipinski definition) is 3. The lowest BCUT2D eigenvalue weighted by Gasteiger charge is -2.24. The summed E-state index contributed by atoms with van der Waals surface area (Å²) < 4.78 is 12.4. The molecule has 122 valence electrons. The Hall–Kier alpha value is -1.07. The third-order valence-electron chi connectivity index (χ3n) is 3.95. The highest BCUT2D eigenvalue weighted by Gasteiger charge is 2.22. The number of amides is 1. The van der Waals surface area contributed by atoms with Gasteiger partial charge in [-0.05, 0) is 56.9 Å². The van der Waals surface area contributed by atoms with Crippen molar-refractivity contribution in [2.45, 2.75) is 39.7 Å². The molecule has 0 N–H and O–H groups in total. The third kappa shape index (κ3) is 4.46. The highest BCUT2D eigenvalue weighted by Crippen LogP contribution is 2.27. The second kappa shape index (κ2) is 7.97. The molecule has 1 aromatic rings. The topological polar surface area (TPSA) is 38.8 Å². The third-order valence-corrected chi connectivity index (χ3v) is 4.41. The van der Waals surface area contributed by atoms with Crippen LogP contribution in [0, 0.1) is 13.8 Å². The summed E-state index contributed by atoms with van der Waals surface area (Å²) in [4.78, 5) is 14.2. The van der Waals surface area contributed by atoms with E-state index in [0.29, 0.717) is 13.1 Å². The molecule has 0 aromatic heterocycles. The van der Waals surface area contributed by atoms with E-state index < -0.39 is 0 Å². The highest BCUT2D eigenvalue weighted by molar-refractivity contribution is 9.10. The molecule has 1 aliphatic heterocycles. The van der Waals surface area contributed by atoms with Crippen molar-refractivity contribution < 1.29 is 14.3 Å². The summed E-state index contributed by atoms with van der Waals surface area (Å²) in [5, 5.41) is 0. The molecule has 1 aromatic carbocycles. The lowest BCUT2D eigenvalue weighted by atomic mass is 10.1. The maximum Gasteiger partial charge on any atom is 0.260 e. The van der Waals surface area contributed by atoms with E-state index in [-0.39, 0.29) is 18.6 Å². The van der Waals surface area contributed by atoms with Gasteiger partial charge in [0.05, 0.1) is 6.10 Å². The summed E-state index contributed by atoms with van der Waals surface area (Å²) in [5.74, 6) is 0.810. The fourth-order valence-electron chi connectivity index (χ4n) is 2.79. The van der Waals surface area contributed by atoms with Crippen LogP contribution in [0.1, 0.15) is 30.9 Å².